The number of aryl methyl sites for hydroxylation is 2. The van der Waals surface area contributed by atoms with Crippen LogP contribution in [0.25, 0.3) is 11.2 Å². The lowest BCUT2D eigenvalue weighted by Gasteiger charge is -2.18. The minimum absolute atomic E-state index is 0.700. The molecular formula is C13H17N7. The molecule has 1 N–H and O–H groups in total. The summed E-state index contributed by atoms with van der Waals surface area (Å²) in [5.74, 6) is 1.99. The number of imidazole rings is 2. The molecule has 0 amide bonds. The summed E-state index contributed by atoms with van der Waals surface area (Å²) in [4.78, 5) is 22.1. The molecule has 3 aromatic heterocycles. The average Bonchev–Trinajstić information content (AvgIpc) is 3.07. The lowest BCUT2D eigenvalue weighted by molar-refractivity contribution is 0.711. The van der Waals surface area contributed by atoms with Crippen molar-refractivity contribution in [3.8, 4) is 0 Å². The Bertz CT molecular complexity index is 699. The molecule has 0 aliphatic heterocycles. The number of aromatic nitrogens is 6. The van der Waals surface area contributed by atoms with Gasteiger partial charge in [-0.25, -0.2) is 19.9 Å². The molecule has 0 radical (unpaired) electrons. The molecular weight excluding hydrogens is 254 g/mol. The van der Waals surface area contributed by atoms with Gasteiger partial charge >= 0.3 is 0 Å². The second-order valence-electron chi connectivity index (χ2n) is 4.78. The van der Waals surface area contributed by atoms with Crippen molar-refractivity contribution in [1.29, 1.82) is 0 Å². The topological polar surface area (TPSA) is 75.5 Å². The lowest BCUT2D eigenvalue weighted by atomic mass is 10.3. The zero-order valence-electron chi connectivity index (χ0n) is 11.6. The van der Waals surface area contributed by atoms with Gasteiger partial charge in [0.25, 0.3) is 0 Å². The van der Waals surface area contributed by atoms with Gasteiger partial charge in [-0.15, -0.1) is 0 Å². The predicted molar refractivity (Wildman–Crippen MR) is 76.5 cm³/mol. The van der Waals surface area contributed by atoms with E-state index in [1.54, 1.807) is 12.7 Å². The molecule has 0 fully saturated rings. The van der Waals surface area contributed by atoms with Crippen LogP contribution in [0.3, 0.4) is 0 Å². The fourth-order valence-electron chi connectivity index (χ4n) is 2.26. The van der Waals surface area contributed by atoms with Crippen LogP contribution in [0.1, 0.15) is 12.2 Å². The van der Waals surface area contributed by atoms with Gasteiger partial charge < -0.3 is 14.5 Å². The molecule has 0 spiro atoms. The Hall–Kier alpha value is -2.44. The highest BCUT2D eigenvalue weighted by atomic mass is 15.2. The van der Waals surface area contributed by atoms with E-state index in [4.69, 9.17) is 0 Å². The number of aromatic amines is 1. The van der Waals surface area contributed by atoms with Crippen LogP contribution in [0.2, 0.25) is 0 Å². The van der Waals surface area contributed by atoms with Crippen LogP contribution in [0.15, 0.2) is 25.0 Å². The minimum atomic E-state index is 0.700. The fraction of sp³-hybridized carbons (Fsp3) is 0.385. The molecule has 0 atom stereocenters. The number of fused-ring (bicyclic) bond motifs is 1. The highest BCUT2D eigenvalue weighted by Crippen LogP contribution is 2.18. The van der Waals surface area contributed by atoms with Crippen molar-refractivity contribution in [1.82, 2.24) is 29.5 Å². The van der Waals surface area contributed by atoms with Crippen molar-refractivity contribution in [2.75, 3.05) is 18.5 Å². The van der Waals surface area contributed by atoms with E-state index in [1.807, 2.05) is 26.5 Å². The maximum Gasteiger partial charge on any atom is 0.182 e. The van der Waals surface area contributed by atoms with E-state index in [0.29, 0.717) is 5.65 Å². The first-order valence-electron chi connectivity index (χ1n) is 6.57. The second-order valence-corrected chi connectivity index (χ2v) is 4.78. The maximum absolute atomic E-state index is 4.33. The Labute approximate surface area is 116 Å². The first-order chi connectivity index (χ1) is 9.75. The third-order valence-corrected chi connectivity index (χ3v) is 3.38. The van der Waals surface area contributed by atoms with Crippen LogP contribution < -0.4 is 4.90 Å². The summed E-state index contributed by atoms with van der Waals surface area (Å²) in [6, 6.07) is 0. The largest absolute Gasteiger partial charge is 0.358 e. The smallest absolute Gasteiger partial charge is 0.182 e. The molecule has 7 heteroatoms. The monoisotopic (exact) mass is 271 g/mol. The summed E-state index contributed by atoms with van der Waals surface area (Å²) in [5.41, 5.74) is 1.58. The summed E-state index contributed by atoms with van der Waals surface area (Å²) in [5, 5.41) is 0. The number of hydrogen-bond acceptors (Lipinski definition) is 5. The predicted octanol–water partition coefficient (Wildman–Crippen LogP) is 1.16. The summed E-state index contributed by atoms with van der Waals surface area (Å²) < 4.78 is 2.05. The number of H-pyrrole nitrogens is 1. The molecule has 3 aromatic rings. The number of nitrogens with zero attached hydrogens (tertiary/aromatic N) is 6. The summed E-state index contributed by atoms with van der Waals surface area (Å²) in [7, 11) is 4.05. The van der Waals surface area contributed by atoms with Crippen molar-refractivity contribution < 1.29 is 0 Å². The van der Waals surface area contributed by atoms with Gasteiger partial charge in [0.15, 0.2) is 11.5 Å². The second kappa shape index (κ2) is 5.28. The minimum Gasteiger partial charge on any atom is -0.358 e. The molecule has 0 aliphatic rings. The quantitative estimate of drug-likeness (QED) is 0.753. The summed E-state index contributed by atoms with van der Waals surface area (Å²) in [6.07, 6.45) is 8.96. The zero-order chi connectivity index (χ0) is 13.9. The first kappa shape index (κ1) is 12.6. The van der Waals surface area contributed by atoms with Crippen molar-refractivity contribution in [3.63, 3.8) is 0 Å². The third-order valence-electron chi connectivity index (χ3n) is 3.38. The molecule has 0 bridgehead atoms. The molecule has 0 aromatic carbocycles. The Morgan fingerprint density at radius 2 is 2.15 bits per heavy atom. The Morgan fingerprint density at radius 1 is 1.25 bits per heavy atom. The molecule has 3 rings (SSSR count). The average molecular weight is 271 g/mol. The van der Waals surface area contributed by atoms with Crippen molar-refractivity contribution >= 4 is 17.0 Å². The van der Waals surface area contributed by atoms with E-state index in [-0.39, 0.29) is 0 Å². The Morgan fingerprint density at radius 3 is 2.95 bits per heavy atom. The van der Waals surface area contributed by atoms with Gasteiger partial charge in [-0.1, -0.05) is 0 Å². The molecule has 0 saturated heterocycles. The Kier molecular flexibility index (Phi) is 3.32. The van der Waals surface area contributed by atoms with Gasteiger partial charge in [0, 0.05) is 39.5 Å². The van der Waals surface area contributed by atoms with Gasteiger partial charge in [-0.3, -0.25) is 0 Å². The van der Waals surface area contributed by atoms with Crippen LogP contribution in [0.4, 0.5) is 5.82 Å². The summed E-state index contributed by atoms with van der Waals surface area (Å²) in [6.45, 7) is 0.901. The number of anilines is 1. The van der Waals surface area contributed by atoms with Gasteiger partial charge in [-0.2, -0.15) is 0 Å². The van der Waals surface area contributed by atoms with Crippen molar-refractivity contribution in [2.45, 2.75) is 12.8 Å². The van der Waals surface area contributed by atoms with Gasteiger partial charge in [0.1, 0.15) is 17.7 Å². The summed E-state index contributed by atoms with van der Waals surface area (Å²) >= 11 is 0. The molecule has 0 unspecified atom stereocenters. The normalized spacial score (nSPS) is 11.1. The van der Waals surface area contributed by atoms with Crippen LogP contribution in [0, 0.1) is 0 Å². The zero-order valence-corrected chi connectivity index (χ0v) is 11.6. The highest BCUT2D eigenvalue weighted by Gasteiger charge is 2.10. The van der Waals surface area contributed by atoms with Gasteiger partial charge in [-0.05, 0) is 6.42 Å². The van der Waals surface area contributed by atoms with Gasteiger partial charge in [0.2, 0.25) is 0 Å². The lowest BCUT2D eigenvalue weighted by Crippen LogP contribution is -2.21. The molecule has 0 saturated carbocycles. The van der Waals surface area contributed by atoms with Crippen LogP contribution in [0.5, 0.6) is 0 Å². The molecule has 0 aliphatic carbocycles. The van der Waals surface area contributed by atoms with Gasteiger partial charge in [0.05, 0.1) is 6.33 Å². The SMILES string of the molecule is CN(CCCc1nccn1C)c1ncnc2nc[nH]c12. The highest BCUT2D eigenvalue weighted by molar-refractivity contribution is 5.82. The standard InChI is InChI=1S/C13H17N7/c1-19-7-5-14-10(19)4-3-6-20(2)13-11-12(16-8-15-11)17-9-18-13/h5,7-9H,3-4,6H2,1-2H3,(H,15,16,17,18). The fourth-order valence-corrected chi connectivity index (χ4v) is 2.26. The molecule has 20 heavy (non-hydrogen) atoms. The molecule has 7 nitrogen and oxygen atoms in total. The van der Waals surface area contributed by atoms with Crippen LogP contribution in [-0.2, 0) is 13.5 Å². The van der Waals surface area contributed by atoms with E-state index in [1.165, 1.54) is 0 Å². The van der Waals surface area contributed by atoms with E-state index in [0.717, 1.165) is 36.5 Å². The van der Waals surface area contributed by atoms with Crippen molar-refractivity contribution in [3.05, 3.63) is 30.9 Å². The van der Waals surface area contributed by atoms with E-state index in [9.17, 15) is 0 Å². The Balaban J connectivity index is 1.66. The third kappa shape index (κ3) is 2.34. The molecule has 104 valence electrons. The number of hydrogen-bond donors (Lipinski definition) is 1. The maximum atomic E-state index is 4.33. The van der Waals surface area contributed by atoms with E-state index in [2.05, 4.69) is 34.4 Å². The molecule has 3 heterocycles. The first-order valence-corrected chi connectivity index (χ1v) is 6.57. The van der Waals surface area contributed by atoms with Crippen LogP contribution >= 0.6 is 0 Å². The number of nitrogens with one attached hydrogen (secondary N) is 1. The van der Waals surface area contributed by atoms with E-state index >= 15 is 0 Å². The van der Waals surface area contributed by atoms with Crippen molar-refractivity contribution in [2.24, 2.45) is 7.05 Å². The van der Waals surface area contributed by atoms with E-state index < -0.39 is 0 Å². The number of rotatable bonds is 5. The van der Waals surface area contributed by atoms with Crippen LogP contribution in [-0.4, -0.2) is 43.1 Å².